The standard InChI is InChI=1S/C31H42N2O6S/c1-40(36,37)32-27-12-7-6-11-26(27)25-16-14-24(15-17-25)23-39-29-19-18-28(33-20-8-2-3-9-21-33)31(29)38-22-10-4-5-13-30(34)35/h4,6-7,10-12,14-17,28-29,31-32H,2-3,5,8-9,13,18-23H2,1H3,(H,34,35)/b10-4-/t28-,29?,31+/m0/s1. The maximum Gasteiger partial charge on any atom is 0.303 e. The summed E-state index contributed by atoms with van der Waals surface area (Å²) in [5.74, 6) is -0.793. The normalized spacial score (nSPS) is 22.4. The Morgan fingerprint density at radius 2 is 1.73 bits per heavy atom. The SMILES string of the molecule is CS(=O)(=O)Nc1ccccc1-c1ccc(COC2CC[C@H](N3CCCCCC3)[C@H]2OC/C=C\CCC(=O)O)cc1. The molecular formula is C31H42N2O6S. The second-order valence-electron chi connectivity index (χ2n) is 10.8. The van der Waals surface area contributed by atoms with Gasteiger partial charge in [-0.05, 0) is 62.4 Å². The summed E-state index contributed by atoms with van der Waals surface area (Å²) >= 11 is 0. The van der Waals surface area contributed by atoms with Crippen LogP contribution < -0.4 is 4.72 Å². The molecule has 0 radical (unpaired) electrons. The summed E-state index contributed by atoms with van der Waals surface area (Å²) in [5, 5.41) is 8.85. The van der Waals surface area contributed by atoms with Gasteiger partial charge in [0.2, 0.25) is 10.0 Å². The van der Waals surface area contributed by atoms with E-state index in [0.717, 1.165) is 48.9 Å². The Bertz CT molecular complexity index is 1220. The second-order valence-corrected chi connectivity index (χ2v) is 12.5. The Morgan fingerprint density at radius 1 is 1.00 bits per heavy atom. The van der Waals surface area contributed by atoms with Crippen LogP contribution in [0, 0.1) is 0 Å². The summed E-state index contributed by atoms with van der Waals surface area (Å²) in [6.07, 6.45) is 12.5. The number of hydrogen-bond acceptors (Lipinski definition) is 6. The molecular weight excluding hydrogens is 528 g/mol. The van der Waals surface area contributed by atoms with Crippen LogP contribution in [-0.4, -0.2) is 68.6 Å². The number of rotatable bonds is 13. The molecule has 1 unspecified atom stereocenters. The first-order valence-electron chi connectivity index (χ1n) is 14.3. The van der Waals surface area contributed by atoms with Crippen LogP contribution in [0.1, 0.15) is 56.9 Å². The maximum atomic E-state index is 11.8. The minimum atomic E-state index is -3.38. The highest BCUT2D eigenvalue weighted by Crippen LogP contribution is 2.33. The van der Waals surface area contributed by atoms with Crippen LogP contribution in [0.15, 0.2) is 60.7 Å². The van der Waals surface area contributed by atoms with Gasteiger partial charge in [-0.15, -0.1) is 0 Å². The number of allylic oxidation sites excluding steroid dienone is 1. The molecule has 1 saturated carbocycles. The highest BCUT2D eigenvalue weighted by molar-refractivity contribution is 7.92. The predicted octanol–water partition coefficient (Wildman–Crippen LogP) is 5.45. The minimum Gasteiger partial charge on any atom is -0.481 e. The summed E-state index contributed by atoms with van der Waals surface area (Å²) in [5.41, 5.74) is 3.34. The van der Waals surface area contributed by atoms with E-state index in [-0.39, 0.29) is 18.6 Å². The molecule has 1 aliphatic carbocycles. The van der Waals surface area contributed by atoms with Crippen molar-refractivity contribution in [3.63, 3.8) is 0 Å². The molecule has 2 aliphatic rings. The molecule has 2 fully saturated rings. The zero-order chi connectivity index (χ0) is 28.4. The number of carboxylic acids is 1. The van der Waals surface area contributed by atoms with Gasteiger partial charge < -0.3 is 14.6 Å². The highest BCUT2D eigenvalue weighted by Gasteiger charge is 2.40. The number of para-hydroxylation sites is 1. The fraction of sp³-hybridized carbons (Fsp3) is 0.516. The molecule has 2 aromatic rings. The van der Waals surface area contributed by atoms with Gasteiger partial charge in [-0.25, -0.2) is 8.42 Å². The lowest BCUT2D eigenvalue weighted by atomic mass is 10.0. The van der Waals surface area contributed by atoms with Crippen LogP contribution in [0.3, 0.4) is 0 Å². The average molecular weight is 571 g/mol. The number of sulfonamides is 1. The number of aliphatic carboxylic acids is 1. The monoisotopic (exact) mass is 570 g/mol. The van der Waals surface area contributed by atoms with Crippen molar-refractivity contribution in [2.24, 2.45) is 0 Å². The quantitative estimate of drug-likeness (QED) is 0.308. The van der Waals surface area contributed by atoms with Crippen molar-refractivity contribution in [2.75, 3.05) is 30.7 Å². The van der Waals surface area contributed by atoms with Gasteiger partial charge in [0.25, 0.3) is 0 Å². The van der Waals surface area contributed by atoms with Gasteiger partial charge in [0.1, 0.15) is 0 Å². The van der Waals surface area contributed by atoms with Gasteiger partial charge in [0.05, 0.1) is 37.4 Å². The number of nitrogens with zero attached hydrogens (tertiary/aromatic N) is 1. The van der Waals surface area contributed by atoms with E-state index in [0.29, 0.717) is 31.4 Å². The molecule has 2 N–H and O–H groups in total. The third kappa shape index (κ3) is 9.16. The topological polar surface area (TPSA) is 105 Å². The number of benzene rings is 2. The van der Waals surface area contributed by atoms with E-state index in [4.69, 9.17) is 14.6 Å². The van der Waals surface area contributed by atoms with E-state index in [9.17, 15) is 13.2 Å². The Balaban J connectivity index is 1.39. The maximum absolute atomic E-state index is 11.8. The van der Waals surface area contributed by atoms with Crippen molar-refractivity contribution in [3.8, 4) is 11.1 Å². The Morgan fingerprint density at radius 3 is 2.42 bits per heavy atom. The van der Waals surface area contributed by atoms with Crippen LogP contribution in [0.2, 0.25) is 0 Å². The predicted molar refractivity (Wildman–Crippen MR) is 158 cm³/mol. The lowest BCUT2D eigenvalue weighted by Gasteiger charge is -2.33. The van der Waals surface area contributed by atoms with Crippen molar-refractivity contribution in [2.45, 2.75) is 76.2 Å². The Hall–Kier alpha value is -2.72. The number of hydrogen-bond donors (Lipinski definition) is 2. The third-order valence-electron chi connectivity index (χ3n) is 7.63. The van der Waals surface area contributed by atoms with Gasteiger partial charge in [-0.3, -0.25) is 14.4 Å². The summed E-state index contributed by atoms with van der Waals surface area (Å²) in [7, 11) is -3.38. The molecule has 0 spiro atoms. The van der Waals surface area contributed by atoms with Crippen LogP contribution in [0.25, 0.3) is 11.1 Å². The number of carbonyl (C=O) groups is 1. The van der Waals surface area contributed by atoms with Crippen LogP contribution in [0.5, 0.6) is 0 Å². The van der Waals surface area contributed by atoms with Crippen LogP contribution >= 0.6 is 0 Å². The molecule has 0 aromatic heterocycles. The molecule has 8 nitrogen and oxygen atoms in total. The van der Waals surface area contributed by atoms with Crippen molar-refractivity contribution in [1.29, 1.82) is 0 Å². The van der Waals surface area contributed by atoms with E-state index in [1.165, 1.54) is 25.7 Å². The van der Waals surface area contributed by atoms with E-state index in [1.807, 2.05) is 54.6 Å². The summed E-state index contributed by atoms with van der Waals surface area (Å²) in [4.78, 5) is 13.4. The van der Waals surface area contributed by atoms with Crippen molar-refractivity contribution in [1.82, 2.24) is 4.90 Å². The summed E-state index contributed by atoms with van der Waals surface area (Å²) in [6, 6.07) is 15.7. The lowest BCUT2D eigenvalue weighted by molar-refractivity contribution is -0.136. The molecule has 0 amide bonds. The smallest absolute Gasteiger partial charge is 0.303 e. The first-order valence-corrected chi connectivity index (χ1v) is 16.2. The Kier molecular flexibility index (Phi) is 11.2. The van der Waals surface area contributed by atoms with Gasteiger partial charge >= 0.3 is 5.97 Å². The first-order chi connectivity index (χ1) is 19.3. The zero-order valence-electron chi connectivity index (χ0n) is 23.3. The lowest BCUT2D eigenvalue weighted by Crippen LogP contribution is -2.45. The van der Waals surface area contributed by atoms with E-state index in [1.54, 1.807) is 6.07 Å². The average Bonchev–Trinajstić information content (AvgIpc) is 3.12. The van der Waals surface area contributed by atoms with Gasteiger partial charge in [0, 0.05) is 18.0 Å². The summed E-state index contributed by atoms with van der Waals surface area (Å²) < 4.78 is 39.0. The molecule has 4 rings (SSSR count). The highest BCUT2D eigenvalue weighted by atomic mass is 32.2. The number of likely N-dealkylation sites (tertiary alicyclic amines) is 1. The molecule has 9 heteroatoms. The molecule has 2 aromatic carbocycles. The molecule has 0 bridgehead atoms. The van der Waals surface area contributed by atoms with E-state index >= 15 is 0 Å². The minimum absolute atomic E-state index is 0.0139. The van der Waals surface area contributed by atoms with E-state index in [2.05, 4.69) is 9.62 Å². The summed E-state index contributed by atoms with van der Waals surface area (Å²) in [6.45, 7) is 3.12. The number of carboxylic acid groups (broad SMARTS) is 1. The number of ether oxygens (including phenoxy) is 2. The molecule has 1 saturated heterocycles. The molecule has 3 atom stereocenters. The third-order valence-corrected chi connectivity index (χ3v) is 8.22. The molecule has 218 valence electrons. The fourth-order valence-corrected chi connectivity index (χ4v) is 6.27. The van der Waals surface area contributed by atoms with Gasteiger partial charge in [0.15, 0.2) is 0 Å². The van der Waals surface area contributed by atoms with Crippen LogP contribution in [-0.2, 0) is 30.9 Å². The molecule has 1 heterocycles. The zero-order valence-corrected chi connectivity index (χ0v) is 24.2. The van der Waals surface area contributed by atoms with Crippen molar-refractivity contribution >= 4 is 21.7 Å². The van der Waals surface area contributed by atoms with Gasteiger partial charge in [-0.1, -0.05) is 67.5 Å². The fourth-order valence-electron chi connectivity index (χ4n) is 5.69. The number of anilines is 1. The van der Waals surface area contributed by atoms with Crippen molar-refractivity contribution < 1.29 is 27.8 Å². The van der Waals surface area contributed by atoms with Gasteiger partial charge in [-0.2, -0.15) is 0 Å². The largest absolute Gasteiger partial charge is 0.481 e. The van der Waals surface area contributed by atoms with Crippen LogP contribution in [0.4, 0.5) is 5.69 Å². The molecule has 40 heavy (non-hydrogen) atoms. The Labute approximate surface area is 238 Å². The van der Waals surface area contributed by atoms with E-state index < -0.39 is 16.0 Å². The van der Waals surface area contributed by atoms with Crippen molar-refractivity contribution in [3.05, 3.63) is 66.2 Å². The number of nitrogens with one attached hydrogen (secondary N) is 1. The molecule has 1 aliphatic heterocycles. The first kappa shape index (κ1) is 30.2. The second kappa shape index (κ2) is 14.8.